The number of rotatable bonds is 2. The van der Waals surface area contributed by atoms with Crippen LogP contribution in [0.25, 0.3) is 0 Å². The van der Waals surface area contributed by atoms with Crippen LogP contribution >= 0.6 is 11.3 Å². The van der Waals surface area contributed by atoms with E-state index in [0.717, 1.165) is 22.6 Å². The van der Waals surface area contributed by atoms with E-state index in [1.807, 2.05) is 0 Å². The molecule has 132 valence electrons. The Morgan fingerprint density at radius 1 is 1.08 bits per heavy atom. The number of fused-ring (bicyclic) bond motifs is 1. The molecule has 0 atom stereocenters. The third-order valence-corrected chi connectivity index (χ3v) is 5.96. The van der Waals surface area contributed by atoms with Crippen molar-refractivity contribution < 1.29 is 23.0 Å². The van der Waals surface area contributed by atoms with Gasteiger partial charge in [0.2, 0.25) is 5.78 Å². The number of ether oxygens (including phenoxy) is 2. The van der Waals surface area contributed by atoms with E-state index in [2.05, 4.69) is 0 Å². The van der Waals surface area contributed by atoms with Crippen molar-refractivity contribution in [3.05, 3.63) is 51.4 Å². The van der Waals surface area contributed by atoms with Gasteiger partial charge < -0.3 is 15.2 Å². The minimum Gasteiger partial charge on any atom is -0.390 e. The van der Waals surface area contributed by atoms with E-state index in [9.17, 15) is 13.6 Å². The lowest BCUT2D eigenvalue weighted by atomic mass is 9.96. The number of nitrogens with two attached hydrogens (primary N) is 1. The van der Waals surface area contributed by atoms with E-state index < -0.39 is 28.8 Å². The monoisotopic (exact) mass is 365 g/mol. The summed E-state index contributed by atoms with van der Waals surface area (Å²) in [5.74, 6) is -3.07. The minimum absolute atomic E-state index is 0.221. The highest BCUT2D eigenvalue weighted by Crippen LogP contribution is 2.41. The third kappa shape index (κ3) is 2.76. The molecule has 0 unspecified atom stereocenters. The molecule has 1 aliphatic heterocycles. The molecule has 2 heterocycles. The molecule has 1 aromatic carbocycles. The molecule has 0 amide bonds. The van der Waals surface area contributed by atoms with Crippen molar-refractivity contribution in [1.82, 2.24) is 0 Å². The van der Waals surface area contributed by atoms with Crippen molar-refractivity contribution >= 4 is 22.1 Å². The second-order valence-corrected chi connectivity index (χ2v) is 7.41. The first-order valence-corrected chi connectivity index (χ1v) is 8.99. The molecule has 2 aliphatic rings. The quantitative estimate of drug-likeness (QED) is 0.828. The van der Waals surface area contributed by atoms with Crippen LogP contribution in [-0.4, -0.2) is 24.8 Å². The Bertz CT molecular complexity index is 823. The molecule has 0 bridgehead atoms. The third-order valence-electron chi connectivity index (χ3n) is 4.84. The molecular weight excluding hydrogens is 348 g/mol. The number of thiophene rings is 1. The summed E-state index contributed by atoms with van der Waals surface area (Å²) in [5, 5.41) is 0.307. The highest BCUT2D eigenvalue weighted by molar-refractivity contribution is 7.16. The molecule has 1 spiro atoms. The Labute approximate surface area is 147 Å². The Balaban J connectivity index is 1.73. The van der Waals surface area contributed by atoms with Gasteiger partial charge in [-0.05, 0) is 30.5 Å². The standard InChI is InChI=1S/C18H17F2NO3S/c19-11-2-1-3-12(20)15(11)16(22)14-10-4-6-18(23-8-9-24-18)7-5-13(10)25-17(14)21/h1-3H,4-9,21H2. The zero-order valence-corrected chi connectivity index (χ0v) is 14.3. The molecule has 1 fully saturated rings. The number of nitrogen functional groups attached to an aromatic ring is 1. The van der Waals surface area contributed by atoms with Crippen LogP contribution < -0.4 is 5.73 Å². The first-order valence-electron chi connectivity index (χ1n) is 8.17. The van der Waals surface area contributed by atoms with E-state index >= 15 is 0 Å². The molecule has 2 N–H and O–H groups in total. The lowest BCUT2D eigenvalue weighted by Gasteiger charge is -2.25. The fourth-order valence-corrected chi connectivity index (χ4v) is 4.73. The van der Waals surface area contributed by atoms with Crippen LogP contribution in [0.1, 0.15) is 39.2 Å². The van der Waals surface area contributed by atoms with Crippen molar-refractivity contribution in [1.29, 1.82) is 0 Å². The van der Waals surface area contributed by atoms with E-state index in [1.165, 1.54) is 17.4 Å². The maximum absolute atomic E-state index is 14.0. The summed E-state index contributed by atoms with van der Waals surface area (Å²) in [5.41, 5.74) is 6.48. The van der Waals surface area contributed by atoms with Crippen molar-refractivity contribution in [3.63, 3.8) is 0 Å². The second kappa shape index (κ2) is 6.16. The van der Waals surface area contributed by atoms with Gasteiger partial charge in [0.15, 0.2) is 5.79 Å². The van der Waals surface area contributed by atoms with E-state index in [0.29, 0.717) is 43.9 Å². The summed E-state index contributed by atoms with van der Waals surface area (Å²) in [6.07, 6.45) is 2.47. The van der Waals surface area contributed by atoms with E-state index in [4.69, 9.17) is 15.2 Å². The van der Waals surface area contributed by atoms with Crippen molar-refractivity contribution in [2.75, 3.05) is 18.9 Å². The van der Waals surface area contributed by atoms with Crippen LogP contribution in [0.5, 0.6) is 0 Å². The molecule has 1 saturated heterocycles. The number of hydrogen-bond acceptors (Lipinski definition) is 5. The maximum atomic E-state index is 14.0. The van der Waals surface area contributed by atoms with Crippen molar-refractivity contribution in [3.8, 4) is 0 Å². The Morgan fingerprint density at radius 3 is 2.40 bits per heavy atom. The lowest BCUT2D eigenvalue weighted by molar-refractivity contribution is -0.164. The molecule has 2 aromatic rings. The van der Waals surface area contributed by atoms with Gasteiger partial charge in [0.05, 0.1) is 29.3 Å². The molecule has 25 heavy (non-hydrogen) atoms. The Morgan fingerprint density at radius 2 is 1.72 bits per heavy atom. The van der Waals surface area contributed by atoms with Gasteiger partial charge in [-0.25, -0.2) is 8.78 Å². The molecular formula is C18H17F2NO3S. The SMILES string of the molecule is Nc1sc2c(c1C(=O)c1c(F)cccc1F)CCC1(CC2)OCCO1. The molecule has 4 rings (SSSR count). The predicted octanol–water partition coefficient (Wildman–Crippen LogP) is 3.46. The Kier molecular flexibility index (Phi) is 4.10. The van der Waals surface area contributed by atoms with E-state index in [1.54, 1.807) is 0 Å². The summed E-state index contributed by atoms with van der Waals surface area (Å²) < 4.78 is 39.6. The first kappa shape index (κ1) is 16.6. The average Bonchev–Trinajstić information content (AvgIpc) is 3.11. The largest absolute Gasteiger partial charge is 0.390 e. The zero-order chi connectivity index (χ0) is 17.6. The van der Waals surface area contributed by atoms with Gasteiger partial charge >= 0.3 is 0 Å². The summed E-state index contributed by atoms with van der Waals surface area (Å²) in [4.78, 5) is 13.8. The molecule has 0 radical (unpaired) electrons. The number of aryl methyl sites for hydroxylation is 1. The summed E-state index contributed by atoms with van der Waals surface area (Å²) in [6.45, 7) is 1.12. The smallest absolute Gasteiger partial charge is 0.202 e. The molecule has 7 heteroatoms. The van der Waals surface area contributed by atoms with Crippen LogP contribution in [-0.2, 0) is 22.3 Å². The number of halogens is 2. The number of carbonyl (C=O) groups is 1. The summed E-state index contributed by atoms with van der Waals surface area (Å²) in [7, 11) is 0. The summed E-state index contributed by atoms with van der Waals surface area (Å²) in [6, 6.07) is 3.39. The van der Waals surface area contributed by atoms with Gasteiger partial charge in [-0.2, -0.15) is 0 Å². The predicted molar refractivity (Wildman–Crippen MR) is 89.8 cm³/mol. The van der Waals surface area contributed by atoms with Crippen molar-refractivity contribution in [2.24, 2.45) is 0 Å². The molecule has 4 nitrogen and oxygen atoms in total. The molecule has 1 aliphatic carbocycles. The van der Waals surface area contributed by atoms with Crippen LogP contribution in [0.15, 0.2) is 18.2 Å². The first-order chi connectivity index (χ1) is 12.0. The number of benzene rings is 1. The van der Waals surface area contributed by atoms with Crippen LogP contribution in [0.4, 0.5) is 13.8 Å². The topological polar surface area (TPSA) is 61.6 Å². The van der Waals surface area contributed by atoms with Crippen LogP contribution in [0.3, 0.4) is 0 Å². The lowest BCUT2D eigenvalue weighted by Crippen LogP contribution is -2.30. The average molecular weight is 365 g/mol. The number of carbonyl (C=O) groups excluding carboxylic acids is 1. The van der Waals surface area contributed by atoms with Gasteiger partial charge in [-0.15, -0.1) is 11.3 Å². The molecule has 1 aromatic heterocycles. The van der Waals surface area contributed by atoms with Crippen LogP contribution in [0, 0.1) is 11.6 Å². The zero-order valence-electron chi connectivity index (χ0n) is 13.4. The fraction of sp³-hybridized carbons (Fsp3) is 0.389. The maximum Gasteiger partial charge on any atom is 0.202 e. The normalized spacial score (nSPS) is 19.0. The van der Waals surface area contributed by atoms with Gasteiger partial charge in [-0.1, -0.05) is 6.07 Å². The summed E-state index contributed by atoms with van der Waals surface area (Å²) >= 11 is 1.31. The fourth-order valence-electron chi connectivity index (χ4n) is 3.62. The van der Waals surface area contributed by atoms with E-state index in [-0.39, 0.29) is 5.56 Å². The van der Waals surface area contributed by atoms with Crippen molar-refractivity contribution in [2.45, 2.75) is 31.5 Å². The highest BCUT2D eigenvalue weighted by atomic mass is 32.1. The minimum atomic E-state index is -0.878. The Hall–Kier alpha value is -1.83. The second-order valence-electron chi connectivity index (χ2n) is 6.28. The van der Waals surface area contributed by atoms with Gasteiger partial charge in [-0.3, -0.25) is 4.79 Å². The van der Waals surface area contributed by atoms with Gasteiger partial charge in [0.25, 0.3) is 0 Å². The molecule has 0 saturated carbocycles. The van der Waals surface area contributed by atoms with Gasteiger partial charge in [0, 0.05) is 17.7 Å². The number of hydrogen-bond donors (Lipinski definition) is 1. The van der Waals surface area contributed by atoms with Crippen LogP contribution in [0.2, 0.25) is 0 Å². The number of ketones is 1. The highest BCUT2D eigenvalue weighted by Gasteiger charge is 2.40. The van der Waals surface area contributed by atoms with Gasteiger partial charge in [0.1, 0.15) is 11.6 Å². The number of anilines is 1.